The van der Waals surface area contributed by atoms with E-state index < -0.39 is 0 Å². The number of hydrogen-bond acceptors (Lipinski definition) is 5. The van der Waals surface area contributed by atoms with Crippen molar-refractivity contribution in [2.45, 2.75) is 32.0 Å². The third-order valence-corrected chi connectivity index (χ3v) is 6.33. The van der Waals surface area contributed by atoms with Crippen molar-refractivity contribution < 1.29 is 4.79 Å². The van der Waals surface area contributed by atoms with Gasteiger partial charge in [-0.05, 0) is 43.8 Å². The molecule has 0 saturated carbocycles. The smallest absolute Gasteiger partial charge is 0.262 e. The lowest BCUT2D eigenvalue weighted by atomic mass is 10.2. The normalized spacial score (nSPS) is 11.0. The van der Waals surface area contributed by atoms with Crippen molar-refractivity contribution in [2.75, 3.05) is 18.8 Å². The summed E-state index contributed by atoms with van der Waals surface area (Å²) in [6, 6.07) is 11.5. The van der Waals surface area contributed by atoms with Crippen molar-refractivity contribution in [1.82, 2.24) is 14.5 Å². The number of nitrogens with zero attached hydrogens (tertiary/aromatic N) is 3. The van der Waals surface area contributed by atoms with Crippen LogP contribution in [0.1, 0.15) is 18.7 Å². The van der Waals surface area contributed by atoms with E-state index in [0.717, 1.165) is 6.42 Å². The standard InChI is InChI=1S/C20H23N3O2S2/c1-3-22(4-2)18(24)14-27-20-21-17-10-6-5-9-16(17)19(25)23(20)12-11-15-8-7-13-26-15/h5-10,13H,3-4,11-12,14H2,1-2H3. The number of carbonyl (C=O) groups excluding carboxylic acids is 1. The summed E-state index contributed by atoms with van der Waals surface area (Å²) in [6.45, 7) is 5.87. The summed E-state index contributed by atoms with van der Waals surface area (Å²) in [6.07, 6.45) is 0.773. The minimum absolute atomic E-state index is 0.0463. The SMILES string of the molecule is CCN(CC)C(=O)CSc1nc2ccccc2c(=O)n1CCc1cccs1. The monoisotopic (exact) mass is 401 g/mol. The Morgan fingerprint density at radius 2 is 1.96 bits per heavy atom. The van der Waals surface area contributed by atoms with Crippen LogP contribution in [0.15, 0.2) is 51.7 Å². The van der Waals surface area contributed by atoms with Crippen molar-refractivity contribution in [2.24, 2.45) is 0 Å². The zero-order valence-electron chi connectivity index (χ0n) is 15.6. The molecule has 142 valence electrons. The molecule has 0 spiro atoms. The molecule has 27 heavy (non-hydrogen) atoms. The number of amides is 1. The van der Waals surface area contributed by atoms with E-state index in [0.29, 0.717) is 35.7 Å². The van der Waals surface area contributed by atoms with Crippen LogP contribution >= 0.6 is 23.1 Å². The third-order valence-electron chi connectivity index (χ3n) is 4.43. The molecular weight excluding hydrogens is 378 g/mol. The van der Waals surface area contributed by atoms with Crippen LogP contribution in [0.2, 0.25) is 0 Å². The summed E-state index contributed by atoms with van der Waals surface area (Å²) in [7, 11) is 0. The van der Waals surface area contributed by atoms with Crippen LogP contribution in [0.5, 0.6) is 0 Å². The predicted molar refractivity (Wildman–Crippen MR) is 113 cm³/mol. The molecule has 2 heterocycles. The molecule has 0 bridgehead atoms. The minimum atomic E-state index is -0.0463. The first kappa shape index (κ1) is 19.6. The van der Waals surface area contributed by atoms with Crippen LogP contribution in [-0.4, -0.2) is 39.2 Å². The summed E-state index contributed by atoms with van der Waals surface area (Å²) >= 11 is 3.03. The maximum absolute atomic E-state index is 13.0. The van der Waals surface area contributed by atoms with E-state index in [2.05, 4.69) is 11.1 Å². The predicted octanol–water partition coefficient (Wildman–Crippen LogP) is 3.66. The number of fused-ring (bicyclic) bond motifs is 1. The Labute approximate surface area is 167 Å². The molecule has 0 aliphatic heterocycles. The number of benzene rings is 1. The Hall–Kier alpha value is -2.12. The third kappa shape index (κ3) is 4.59. The summed E-state index contributed by atoms with van der Waals surface area (Å²) < 4.78 is 1.71. The molecule has 5 nitrogen and oxygen atoms in total. The first-order valence-electron chi connectivity index (χ1n) is 9.06. The van der Waals surface area contributed by atoms with Crippen molar-refractivity contribution >= 4 is 39.9 Å². The van der Waals surface area contributed by atoms with Crippen LogP contribution in [0.4, 0.5) is 0 Å². The van der Waals surface area contributed by atoms with Crippen LogP contribution in [0.25, 0.3) is 10.9 Å². The average molecular weight is 402 g/mol. The number of aromatic nitrogens is 2. The highest BCUT2D eigenvalue weighted by Gasteiger charge is 2.15. The lowest BCUT2D eigenvalue weighted by Crippen LogP contribution is -2.32. The average Bonchev–Trinajstić information content (AvgIpc) is 3.20. The van der Waals surface area contributed by atoms with E-state index in [1.54, 1.807) is 20.8 Å². The van der Waals surface area contributed by atoms with Gasteiger partial charge in [-0.3, -0.25) is 14.2 Å². The van der Waals surface area contributed by atoms with Gasteiger partial charge < -0.3 is 4.90 Å². The molecule has 0 atom stereocenters. The minimum Gasteiger partial charge on any atom is -0.343 e. The molecule has 0 N–H and O–H groups in total. The number of para-hydroxylation sites is 1. The van der Waals surface area contributed by atoms with E-state index in [1.807, 2.05) is 49.6 Å². The summed E-state index contributed by atoms with van der Waals surface area (Å²) in [5.41, 5.74) is 0.627. The second-order valence-corrected chi connectivity index (χ2v) is 8.03. The number of thiophene rings is 1. The van der Waals surface area contributed by atoms with Gasteiger partial charge in [0.2, 0.25) is 5.91 Å². The van der Waals surface area contributed by atoms with Gasteiger partial charge in [0.25, 0.3) is 5.56 Å². The Bertz CT molecular complexity index is 963. The van der Waals surface area contributed by atoms with Gasteiger partial charge in [-0.2, -0.15) is 0 Å². The van der Waals surface area contributed by atoms with Crippen molar-refractivity contribution in [3.05, 3.63) is 57.0 Å². The van der Waals surface area contributed by atoms with Crippen molar-refractivity contribution in [3.8, 4) is 0 Å². The Morgan fingerprint density at radius 1 is 1.19 bits per heavy atom. The first-order valence-corrected chi connectivity index (χ1v) is 10.9. The van der Waals surface area contributed by atoms with Gasteiger partial charge in [0.15, 0.2) is 5.16 Å². The number of thioether (sulfide) groups is 1. The molecule has 1 amide bonds. The molecule has 0 saturated heterocycles. The molecule has 0 aliphatic rings. The topological polar surface area (TPSA) is 55.2 Å². The van der Waals surface area contributed by atoms with E-state index >= 15 is 0 Å². The number of hydrogen-bond donors (Lipinski definition) is 0. The highest BCUT2D eigenvalue weighted by Crippen LogP contribution is 2.19. The van der Waals surface area contributed by atoms with E-state index in [9.17, 15) is 9.59 Å². The molecular formula is C20H23N3O2S2. The highest BCUT2D eigenvalue weighted by molar-refractivity contribution is 7.99. The number of aryl methyl sites for hydroxylation is 1. The summed E-state index contributed by atoms with van der Waals surface area (Å²) in [4.78, 5) is 33.1. The maximum Gasteiger partial charge on any atom is 0.262 e. The molecule has 0 fully saturated rings. The molecule has 1 aromatic carbocycles. The molecule has 7 heteroatoms. The zero-order chi connectivity index (χ0) is 19.2. The van der Waals surface area contributed by atoms with Gasteiger partial charge in [-0.1, -0.05) is 30.0 Å². The molecule has 0 radical (unpaired) electrons. The fourth-order valence-electron chi connectivity index (χ4n) is 2.93. The Kier molecular flexibility index (Phi) is 6.68. The van der Waals surface area contributed by atoms with Crippen LogP contribution in [0.3, 0.4) is 0 Å². The van der Waals surface area contributed by atoms with Crippen LogP contribution < -0.4 is 5.56 Å². The number of carbonyl (C=O) groups is 1. The molecule has 0 unspecified atom stereocenters. The van der Waals surface area contributed by atoms with Gasteiger partial charge in [-0.15, -0.1) is 11.3 Å². The van der Waals surface area contributed by atoms with E-state index in [-0.39, 0.29) is 17.2 Å². The van der Waals surface area contributed by atoms with Crippen LogP contribution in [0, 0.1) is 0 Å². The fourth-order valence-corrected chi connectivity index (χ4v) is 4.55. The van der Waals surface area contributed by atoms with Gasteiger partial charge in [0, 0.05) is 24.5 Å². The van der Waals surface area contributed by atoms with Gasteiger partial charge in [0.1, 0.15) is 0 Å². The van der Waals surface area contributed by atoms with Gasteiger partial charge in [0.05, 0.1) is 16.7 Å². The fraction of sp³-hybridized carbons (Fsp3) is 0.350. The van der Waals surface area contributed by atoms with Crippen molar-refractivity contribution in [1.29, 1.82) is 0 Å². The summed E-state index contributed by atoms with van der Waals surface area (Å²) in [5.74, 6) is 0.350. The van der Waals surface area contributed by atoms with Gasteiger partial charge >= 0.3 is 0 Å². The second-order valence-electron chi connectivity index (χ2n) is 6.05. The Balaban J connectivity index is 1.90. The highest BCUT2D eigenvalue weighted by atomic mass is 32.2. The van der Waals surface area contributed by atoms with E-state index in [4.69, 9.17) is 0 Å². The second kappa shape index (κ2) is 9.19. The first-order chi connectivity index (χ1) is 13.1. The quantitative estimate of drug-likeness (QED) is 0.427. The Morgan fingerprint density at radius 3 is 2.67 bits per heavy atom. The van der Waals surface area contributed by atoms with E-state index in [1.165, 1.54) is 16.6 Å². The molecule has 2 aromatic heterocycles. The zero-order valence-corrected chi connectivity index (χ0v) is 17.2. The van der Waals surface area contributed by atoms with Crippen LogP contribution in [-0.2, 0) is 17.8 Å². The maximum atomic E-state index is 13.0. The lowest BCUT2D eigenvalue weighted by molar-refractivity contribution is -0.127. The largest absolute Gasteiger partial charge is 0.343 e. The molecule has 3 rings (SSSR count). The summed E-state index contributed by atoms with van der Waals surface area (Å²) in [5, 5.41) is 3.26. The lowest BCUT2D eigenvalue weighted by Gasteiger charge is -2.19. The molecule has 3 aromatic rings. The number of rotatable bonds is 8. The van der Waals surface area contributed by atoms with Gasteiger partial charge in [-0.25, -0.2) is 4.98 Å². The van der Waals surface area contributed by atoms with Crippen molar-refractivity contribution in [3.63, 3.8) is 0 Å². The molecule has 0 aliphatic carbocycles.